The lowest BCUT2D eigenvalue weighted by molar-refractivity contribution is 0.0517. The molecule has 0 bridgehead atoms. The normalized spacial score (nSPS) is 18.0. The Labute approximate surface area is 216 Å². The molecule has 1 N–H and O–H groups in total. The van der Waals surface area contributed by atoms with Crippen molar-refractivity contribution in [3.63, 3.8) is 0 Å². The molecule has 192 valence electrons. The van der Waals surface area contributed by atoms with Crippen molar-refractivity contribution in [1.29, 1.82) is 0 Å². The second kappa shape index (κ2) is 9.76. The summed E-state index contributed by atoms with van der Waals surface area (Å²) in [6, 6.07) is 3.75. The first-order valence-corrected chi connectivity index (χ1v) is 13.0. The van der Waals surface area contributed by atoms with E-state index >= 15 is 0 Å². The highest BCUT2D eigenvalue weighted by Gasteiger charge is 2.30. The van der Waals surface area contributed by atoms with Gasteiger partial charge >= 0.3 is 6.09 Å². The molecule has 9 nitrogen and oxygen atoms in total. The lowest BCUT2D eigenvalue weighted by Crippen LogP contribution is -2.43. The quantitative estimate of drug-likeness (QED) is 0.501. The third-order valence-corrected chi connectivity index (χ3v) is 6.75. The molecule has 1 fully saturated rings. The molecule has 1 amide bonds. The van der Waals surface area contributed by atoms with Crippen LogP contribution in [0.3, 0.4) is 0 Å². The number of imidazole rings is 1. The topological polar surface area (TPSA) is 93.9 Å². The second-order valence-electron chi connectivity index (χ2n) is 10.6. The number of aryl methyl sites for hydroxylation is 1. The van der Waals surface area contributed by atoms with E-state index in [0.717, 1.165) is 78.5 Å². The lowest BCUT2D eigenvalue weighted by Gasteiger charge is -2.35. The number of piperidine rings is 1. The molecule has 2 aliphatic heterocycles. The fourth-order valence-electron chi connectivity index (χ4n) is 5.06. The van der Waals surface area contributed by atoms with Crippen LogP contribution < -0.4 is 15.0 Å². The second-order valence-corrected chi connectivity index (χ2v) is 11.0. The summed E-state index contributed by atoms with van der Waals surface area (Å²) in [5, 5.41) is 8.51. The molecule has 1 atom stereocenters. The maximum atomic E-state index is 12.2. The molecule has 0 aromatic carbocycles. The number of pyridine rings is 1. The van der Waals surface area contributed by atoms with E-state index < -0.39 is 5.60 Å². The van der Waals surface area contributed by atoms with Gasteiger partial charge in [-0.05, 0) is 71.4 Å². The van der Waals surface area contributed by atoms with Gasteiger partial charge in [-0.2, -0.15) is 0 Å². The van der Waals surface area contributed by atoms with Crippen LogP contribution in [0.5, 0.6) is 5.75 Å². The molecule has 1 saturated heterocycles. The molecule has 36 heavy (non-hydrogen) atoms. The van der Waals surface area contributed by atoms with Crippen LogP contribution in [0.15, 0.2) is 18.3 Å². The summed E-state index contributed by atoms with van der Waals surface area (Å²) in [5.74, 6) is 2.04. The largest absolute Gasteiger partial charge is 0.489 e. The van der Waals surface area contributed by atoms with Crippen LogP contribution in [0.4, 0.5) is 10.6 Å². The highest BCUT2D eigenvalue weighted by Crippen LogP contribution is 2.39. The standard InChI is InChI=1S/C26H33ClN6O3/c1-16-21(18-9-10-28-20(27)13-18)33-24(30-16)22-19(8-6-12-35-22)23(31-33)32-11-5-7-17(15-32)14-29-25(34)36-26(2,3)4/h9-10,13,17H,5-8,11-12,14-15H2,1-4H3,(H,29,34). The summed E-state index contributed by atoms with van der Waals surface area (Å²) in [6.45, 7) is 10.5. The van der Waals surface area contributed by atoms with Crippen LogP contribution in [0, 0.1) is 12.8 Å². The van der Waals surface area contributed by atoms with E-state index in [1.54, 1.807) is 6.20 Å². The molecule has 1 unspecified atom stereocenters. The van der Waals surface area contributed by atoms with Crippen molar-refractivity contribution in [2.24, 2.45) is 5.92 Å². The first-order chi connectivity index (χ1) is 17.2. The van der Waals surface area contributed by atoms with E-state index in [0.29, 0.717) is 24.2 Å². The van der Waals surface area contributed by atoms with Gasteiger partial charge in [0, 0.05) is 37.0 Å². The van der Waals surface area contributed by atoms with Crippen molar-refractivity contribution in [3.05, 3.63) is 34.7 Å². The van der Waals surface area contributed by atoms with E-state index in [9.17, 15) is 4.79 Å². The molecule has 5 rings (SSSR count). The van der Waals surface area contributed by atoms with Crippen molar-refractivity contribution in [3.8, 4) is 17.0 Å². The molecule has 0 radical (unpaired) electrons. The minimum atomic E-state index is -0.513. The Kier molecular flexibility index (Phi) is 6.68. The number of carbonyl (C=O) groups is 1. The number of aromatic nitrogens is 4. The Morgan fingerprint density at radius 1 is 1.33 bits per heavy atom. The average Bonchev–Trinajstić information content (AvgIpc) is 3.17. The molecule has 10 heteroatoms. The number of anilines is 1. The number of carbonyl (C=O) groups excluding carboxylic acids is 1. The number of fused-ring (bicyclic) bond motifs is 3. The minimum Gasteiger partial charge on any atom is -0.489 e. The Morgan fingerprint density at radius 3 is 2.94 bits per heavy atom. The van der Waals surface area contributed by atoms with Crippen LogP contribution in [-0.4, -0.2) is 57.5 Å². The van der Waals surface area contributed by atoms with Gasteiger partial charge in [-0.25, -0.2) is 19.3 Å². The van der Waals surface area contributed by atoms with E-state index in [4.69, 9.17) is 31.2 Å². The molecule has 0 spiro atoms. The van der Waals surface area contributed by atoms with Gasteiger partial charge in [0.05, 0.1) is 18.0 Å². The van der Waals surface area contributed by atoms with Gasteiger partial charge in [0.1, 0.15) is 10.8 Å². The summed E-state index contributed by atoms with van der Waals surface area (Å²) < 4.78 is 13.5. The highest BCUT2D eigenvalue weighted by molar-refractivity contribution is 6.29. The van der Waals surface area contributed by atoms with E-state index in [-0.39, 0.29) is 6.09 Å². The fraction of sp³-hybridized carbons (Fsp3) is 0.538. The number of amides is 1. The molecule has 2 aliphatic rings. The number of nitrogens with one attached hydrogen (secondary N) is 1. The summed E-state index contributed by atoms with van der Waals surface area (Å²) in [4.78, 5) is 23.5. The maximum absolute atomic E-state index is 12.2. The van der Waals surface area contributed by atoms with Crippen LogP contribution >= 0.6 is 11.6 Å². The fourth-order valence-corrected chi connectivity index (χ4v) is 5.23. The van der Waals surface area contributed by atoms with Gasteiger partial charge in [-0.3, -0.25) is 0 Å². The number of alkyl carbamates (subject to hydrolysis) is 1. The summed E-state index contributed by atoms with van der Waals surface area (Å²) in [6.07, 6.45) is 5.22. The average molecular weight is 513 g/mol. The number of nitrogens with zero attached hydrogens (tertiary/aromatic N) is 5. The Hall–Kier alpha value is -3.07. The lowest BCUT2D eigenvalue weighted by atomic mass is 9.97. The monoisotopic (exact) mass is 512 g/mol. The first kappa shape index (κ1) is 24.6. The molecular formula is C26H33ClN6O3. The van der Waals surface area contributed by atoms with Crippen molar-refractivity contribution < 1.29 is 14.3 Å². The maximum Gasteiger partial charge on any atom is 0.407 e. The summed E-state index contributed by atoms with van der Waals surface area (Å²) >= 11 is 6.20. The minimum absolute atomic E-state index is 0.298. The van der Waals surface area contributed by atoms with Crippen molar-refractivity contribution >= 4 is 29.2 Å². The first-order valence-electron chi connectivity index (χ1n) is 12.6. The third kappa shape index (κ3) is 5.07. The predicted molar refractivity (Wildman–Crippen MR) is 139 cm³/mol. The number of hydrogen-bond acceptors (Lipinski definition) is 7. The molecular weight excluding hydrogens is 480 g/mol. The van der Waals surface area contributed by atoms with Crippen LogP contribution in [-0.2, 0) is 11.2 Å². The van der Waals surface area contributed by atoms with E-state index in [1.807, 2.05) is 44.3 Å². The van der Waals surface area contributed by atoms with Crippen LogP contribution in [0.25, 0.3) is 16.9 Å². The van der Waals surface area contributed by atoms with Gasteiger partial charge in [0.25, 0.3) is 0 Å². The van der Waals surface area contributed by atoms with E-state index in [2.05, 4.69) is 15.2 Å². The number of hydrogen-bond donors (Lipinski definition) is 1. The SMILES string of the molecule is Cc1nc2c3c(c(N4CCCC(CNC(=O)OC(C)(C)C)C4)nn2c1-c1ccnc(Cl)c1)CCCO3. The molecule has 0 saturated carbocycles. The molecule has 3 aromatic heterocycles. The molecule has 5 heterocycles. The van der Waals surface area contributed by atoms with Gasteiger partial charge in [-0.1, -0.05) is 11.6 Å². The number of rotatable bonds is 4. The summed E-state index contributed by atoms with van der Waals surface area (Å²) in [5.41, 5.74) is 3.98. The highest BCUT2D eigenvalue weighted by atomic mass is 35.5. The Bertz CT molecular complexity index is 1280. The Balaban J connectivity index is 1.47. The van der Waals surface area contributed by atoms with Crippen molar-refractivity contribution in [2.75, 3.05) is 31.1 Å². The van der Waals surface area contributed by atoms with E-state index in [1.165, 1.54) is 0 Å². The zero-order chi connectivity index (χ0) is 25.4. The zero-order valence-corrected chi connectivity index (χ0v) is 22.1. The van der Waals surface area contributed by atoms with Gasteiger partial charge in [0.15, 0.2) is 17.2 Å². The number of ether oxygens (including phenoxy) is 2. The van der Waals surface area contributed by atoms with Crippen molar-refractivity contribution in [1.82, 2.24) is 24.9 Å². The molecule has 0 aliphatic carbocycles. The summed E-state index contributed by atoms with van der Waals surface area (Å²) in [7, 11) is 0. The van der Waals surface area contributed by atoms with Gasteiger partial charge in [0.2, 0.25) is 0 Å². The van der Waals surface area contributed by atoms with Gasteiger partial charge < -0.3 is 19.7 Å². The predicted octanol–water partition coefficient (Wildman–Crippen LogP) is 4.82. The smallest absolute Gasteiger partial charge is 0.407 e. The number of halogens is 1. The molecule has 3 aromatic rings. The zero-order valence-electron chi connectivity index (χ0n) is 21.3. The van der Waals surface area contributed by atoms with Crippen LogP contribution in [0.2, 0.25) is 5.15 Å². The van der Waals surface area contributed by atoms with Crippen LogP contribution in [0.1, 0.15) is 51.3 Å². The third-order valence-electron chi connectivity index (χ3n) is 6.54. The Morgan fingerprint density at radius 2 is 2.17 bits per heavy atom. The van der Waals surface area contributed by atoms with Gasteiger partial charge in [-0.15, -0.1) is 5.10 Å². The van der Waals surface area contributed by atoms with Crippen molar-refractivity contribution in [2.45, 2.75) is 59.0 Å².